The van der Waals surface area contributed by atoms with E-state index in [9.17, 15) is 4.39 Å². The Morgan fingerprint density at radius 1 is 1.10 bits per heavy atom. The number of alkyl halides is 1. The standard InChI is InChI=1S/C17H14ClFO2/c1-20-15-7-4-13(5-8-15)12-21-16-9-6-14(3-2-10-18)17(19)11-16/h4-9,11H,10,12H2,1H3. The van der Waals surface area contributed by atoms with E-state index in [-0.39, 0.29) is 5.88 Å². The van der Waals surface area contributed by atoms with E-state index in [1.807, 2.05) is 24.3 Å². The average molecular weight is 305 g/mol. The maximum absolute atomic E-state index is 13.8. The second kappa shape index (κ2) is 7.56. The third kappa shape index (κ3) is 4.40. The summed E-state index contributed by atoms with van der Waals surface area (Å²) in [7, 11) is 1.61. The Labute approximate surface area is 128 Å². The van der Waals surface area contributed by atoms with Crippen molar-refractivity contribution in [2.45, 2.75) is 6.61 Å². The molecule has 0 unspecified atom stereocenters. The van der Waals surface area contributed by atoms with E-state index < -0.39 is 5.82 Å². The van der Waals surface area contributed by atoms with E-state index in [0.29, 0.717) is 17.9 Å². The van der Waals surface area contributed by atoms with Gasteiger partial charge in [-0.1, -0.05) is 24.0 Å². The number of hydrogen-bond acceptors (Lipinski definition) is 2. The van der Waals surface area contributed by atoms with Crippen molar-refractivity contribution in [2.24, 2.45) is 0 Å². The van der Waals surface area contributed by atoms with Gasteiger partial charge in [-0.25, -0.2) is 4.39 Å². The predicted octanol–water partition coefficient (Wildman–Crippen LogP) is 4.00. The molecule has 0 atom stereocenters. The van der Waals surface area contributed by atoms with E-state index in [1.54, 1.807) is 19.2 Å². The number of hydrogen-bond donors (Lipinski definition) is 0. The van der Waals surface area contributed by atoms with Gasteiger partial charge in [0.05, 0.1) is 18.6 Å². The summed E-state index contributed by atoms with van der Waals surface area (Å²) >= 11 is 5.44. The largest absolute Gasteiger partial charge is 0.497 e. The molecular weight excluding hydrogens is 291 g/mol. The first-order valence-electron chi connectivity index (χ1n) is 6.33. The van der Waals surface area contributed by atoms with Gasteiger partial charge in [0.25, 0.3) is 0 Å². The molecule has 0 saturated carbocycles. The maximum Gasteiger partial charge on any atom is 0.142 e. The molecule has 0 N–H and O–H groups in total. The summed E-state index contributed by atoms with van der Waals surface area (Å²) in [4.78, 5) is 0. The molecule has 2 rings (SSSR count). The van der Waals surface area contributed by atoms with Gasteiger partial charge in [0.2, 0.25) is 0 Å². The van der Waals surface area contributed by atoms with E-state index >= 15 is 0 Å². The van der Waals surface area contributed by atoms with Crippen molar-refractivity contribution in [1.29, 1.82) is 0 Å². The molecule has 0 fully saturated rings. The van der Waals surface area contributed by atoms with Crippen LogP contribution >= 0.6 is 11.6 Å². The minimum absolute atomic E-state index is 0.176. The minimum atomic E-state index is -0.417. The summed E-state index contributed by atoms with van der Waals surface area (Å²) < 4.78 is 24.4. The van der Waals surface area contributed by atoms with Crippen LogP contribution in [0.25, 0.3) is 0 Å². The lowest BCUT2D eigenvalue weighted by molar-refractivity contribution is 0.304. The molecule has 0 aliphatic carbocycles. The molecule has 0 aromatic heterocycles. The average Bonchev–Trinajstić information content (AvgIpc) is 2.52. The minimum Gasteiger partial charge on any atom is -0.497 e. The number of methoxy groups -OCH3 is 1. The quantitative estimate of drug-likeness (QED) is 0.628. The van der Waals surface area contributed by atoms with Gasteiger partial charge in [-0.3, -0.25) is 0 Å². The molecule has 108 valence electrons. The highest BCUT2D eigenvalue weighted by atomic mass is 35.5. The van der Waals surface area contributed by atoms with Crippen LogP contribution in [0, 0.1) is 17.7 Å². The second-order valence-corrected chi connectivity index (χ2v) is 4.48. The first kappa shape index (κ1) is 15.2. The lowest BCUT2D eigenvalue weighted by atomic mass is 10.2. The molecule has 0 aliphatic rings. The normalized spacial score (nSPS) is 9.67. The first-order valence-corrected chi connectivity index (χ1v) is 6.86. The number of benzene rings is 2. The monoisotopic (exact) mass is 304 g/mol. The van der Waals surface area contributed by atoms with Gasteiger partial charge in [0.1, 0.15) is 23.9 Å². The predicted molar refractivity (Wildman–Crippen MR) is 81.3 cm³/mol. The molecule has 0 heterocycles. The molecular formula is C17H14ClFO2. The van der Waals surface area contributed by atoms with Gasteiger partial charge in [-0.05, 0) is 29.8 Å². The van der Waals surface area contributed by atoms with Crippen molar-refractivity contribution in [1.82, 2.24) is 0 Å². The van der Waals surface area contributed by atoms with Crippen LogP contribution in [0.15, 0.2) is 42.5 Å². The molecule has 0 saturated heterocycles. The second-order valence-electron chi connectivity index (χ2n) is 4.21. The summed E-state index contributed by atoms with van der Waals surface area (Å²) in [6.07, 6.45) is 0. The van der Waals surface area contributed by atoms with Gasteiger partial charge in [0, 0.05) is 6.07 Å². The van der Waals surface area contributed by atoms with Gasteiger partial charge >= 0.3 is 0 Å². The van der Waals surface area contributed by atoms with Crippen molar-refractivity contribution < 1.29 is 13.9 Å². The van der Waals surface area contributed by atoms with E-state index in [4.69, 9.17) is 21.1 Å². The SMILES string of the molecule is COc1ccc(COc2ccc(C#CCCl)c(F)c2)cc1. The molecule has 2 aromatic rings. The summed E-state index contributed by atoms with van der Waals surface area (Å²) in [6, 6.07) is 12.1. The van der Waals surface area contributed by atoms with Crippen molar-refractivity contribution in [3.8, 4) is 23.3 Å². The van der Waals surface area contributed by atoms with Gasteiger partial charge in [0.15, 0.2) is 0 Å². The molecule has 4 heteroatoms. The Morgan fingerprint density at radius 2 is 1.81 bits per heavy atom. The van der Waals surface area contributed by atoms with E-state index in [0.717, 1.165) is 11.3 Å². The molecule has 21 heavy (non-hydrogen) atoms. The molecule has 2 nitrogen and oxygen atoms in total. The van der Waals surface area contributed by atoms with Crippen molar-refractivity contribution >= 4 is 11.6 Å². The Morgan fingerprint density at radius 3 is 2.43 bits per heavy atom. The van der Waals surface area contributed by atoms with Crippen LogP contribution in [0.2, 0.25) is 0 Å². The summed E-state index contributed by atoms with van der Waals surface area (Å²) in [5.74, 6) is 6.27. The maximum atomic E-state index is 13.8. The highest BCUT2D eigenvalue weighted by Crippen LogP contribution is 2.18. The molecule has 2 aromatic carbocycles. The highest BCUT2D eigenvalue weighted by molar-refractivity contribution is 6.19. The smallest absolute Gasteiger partial charge is 0.142 e. The molecule has 0 spiro atoms. The molecule has 0 aliphatic heterocycles. The zero-order valence-electron chi connectivity index (χ0n) is 11.5. The first-order chi connectivity index (χ1) is 10.2. The van der Waals surface area contributed by atoms with Crippen molar-refractivity contribution in [3.63, 3.8) is 0 Å². The Kier molecular flexibility index (Phi) is 5.48. The molecule has 0 bridgehead atoms. The number of halogens is 2. The molecule has 0 amide bonds. The van der Waals surface area contributed by atoms with E-state index in [1.165, 1.54) is 6.07 Å². The summed E-state index contributed by atoms with van der Waals surface area (Å²) in [5, 5.41) is 0. The molecule has 0 radical (unpaired) electrons. The van der Waals surface area contributed by atoms with Crippen molar-refractivity contribution in [3.05, 3.63) is 59.4 Å². The van der Waals surface area contributed by atoms with Gasteiger partial charge in [-0.15, -0.1) is 11.6 Å². The van der Waals surface area contributed by atoms with Crippen LogP contribution < -0.4 is 9.47 Å². The third-order valence-corrected chi connectivity index (χ3v) is 2.93. The third-order valence-electron chi connectivity index (χ3n) is 2.79. The van der Waals surface area contributed by atoms with Crippen LogP contribution in [-0.4, -0.2) is 13.0 Å². The topological polar surface area (TPSA) is 18.5 Å². The van der Waals surface area contributed by atoms with Crippen molar-refractivity contribution in [2.75, 3.05) is 13.0 Å². The van der Waals surface area contributed by atoms with Crippen LogP contribution in [0.5, 0.6) is 11.5 Å². The zero-order valence-corrected chi connectivity index (χ0v) is 12.3. The fourth-order valence-electron chi connectivity index (χ4n) is 1.70. The number of rotatable bonds is 4. The summed E-state index contributed by atoms with van der Waals surface area (Å²) in [6.45, 7) is 0.357. The fraction of sp³-hybridized carbons (Fsp3) is 0.176. The summed E-state index contributed by atoms with van der Waals surface area (Å²) in [5.41, 5.74) is 1.29. The fourth-order valence-corrected chi connectivity index (χ4v) is 1.77. The van der Waals surface area contributed by atoms with Crippen LogP contribution in [0.3, 0.4) is 0 Å². The van der Waals surface area contributed by atoms with Crippen LogP contribution in [0.1, 0.15) is 11.1 Å². The lowest BCUT2D eigenvalue weighted by Gasteiger charge is -2.07. The Balaban J connectivity index is 2.01. The Hall–Kier alpha value is -2.18. The van der Waals surface area contributed by atoms with Crippen LogP contribution in [0.4, 0.5) is 4.39 Å². The Bertz CT molecular complexity index is 657. The zero-order chi connectivity index (χ0) is 15.1. The van der Waals surface area contributed by atoms with Gasteiger partial charge < -0.3 is 9.47 Å². The van der Waals surface area contributed by atoms with E-state index in [2.05, 4.69) is 11.8 Å². The van der Waals surface area contributed by atoms with Crippen LogP contribution in [-0.2, 0) is 6.61 Å². The lowest BCUT2D eigenvalue weighted by Crippen LogP contribution is -1.96. The van der Waals surface area contributed by atoms with Gasteiger partial charge in [-0.2, -0.15) is 0 Å². The highest BCUT2D eigenvalue weighted by Gasteiger charge is 2.03. The number of ether oxygens (including phenoxy) is 2.